The highest BCUT2D eigenvalue weighted by Gasteiger charge is 2.58. The highest BCUT2D eigenvalue weighted by Crippen LogP contribution is 2.36. The SMILES string of the molecule is CCNC(=O)CCC(=O)CNC(=O)CN(CC(=O)OC)C(=O)CCC(=O)CNC(=O)CN(CC(=O)OC)C(=O)CCC(=O)CNC(=O)CCCCC(=O)CCCCO[C@@H]1OC(CO)[C@@H](O[C@@H]2OC(CO[C@]3(C(=O)O)CC(O)[C@@H](NC(C)=O)C(C(O)C(O)CO)O3)[C@H](O)[C@H](O)C2O)[C@H](O)C1NC(C)=O. The van der Waals surface area contributed by atoms with E-state index in [-0.39, 0.29) is 76.1 Å². The highest BCUT2D eigenvalue weighted by molar-refractivity contribution is 5.95. The fourth-order valence-electron chi connectivity index (χ4n) is 10.6. The summed E-state index contributed by atoms with van der Waals surface area (Å²) < 4.78 is 43.5. The molecule has 0 aromatic carbocycles. The normalized spacial score (nSPS) is 25.0. The zero-order valence-electron chi connectivity index (χ0n) is 57.8. The summed E-state index contributed by atoms with van der Waals surface area (Å²) in [5.41, 5.74) is 0. The Hall–Kier alpha value is -7.75. The Balaban J connectivity index is 1.42. The second-order valence-electron chi connectivity index (χ2n) is 24.4. The van der Waals surface area contributed by atoms with Gasteiger partial charge in [0.15, 0.2) is 29.9 Å². The smallest absolute Gasteiger partial charge is 0.364 e. The van der Waals surface area contributed by atoms with Gasteiger partial charge in [-0.05, 0) is 32.6 Å². The van der Waals surface area contributed by atoms with Crippen LogP contribution in [0.2, 0.25) is 0 Å². The van der Waals surface area contributed by atoms with Gasteiger partial charge in [0, 0.05) is 91.2 Å². The first-order valence-electron chi connectivity index (χ1n) is 33.1. The molecule has 0 saturated carbocycles. The number of ether oxygens (including phenoxy) is 8. The summed E-state index contributed by atoms with van der Waals surface area (Å²) in [6.07, 6.45) is -26.7. The van der Waals surface area contributed by atoms with Crippen molar-refractivity contribution < 1.29 is 161 Å². The maximum Gasteiger partial charge on any atom is 0.364 e. The van der Waals surface area contributed by atoms with E-state index >= 15 is 0 Å². The lowest BCUT2D eigenvalue weighted by atomic mass is 9.88. The van der Waals surface area contributed by atoms with Crippen molar-refractivity contribution in [2.24, 2.45) is 0 Å². The predicted octanol–water partition coefficient (Wildman–Crippen LogP) is -9.22. The molecule has 584 valence electrons. The van der Waals surface area contributed by atoms with E-state index in [1.54, 1.807) is 6.92 Å². The van der Waals surface area contributed by atoms with Crippen molar-refractivity contribution in [1.29, 1.82) is 0 Å². The lowest BCUT2D eigenvalue weighted by Crippen LogP contribution is -2.69. The van der Waals surface area contributed by atoms with Crippen molar-refractivity contribution in [3.63, 3.8) is 0 Å². The van der Waals surface area contributed by atoms with E-state index in [1.807, 2.05) is 0 Å². The van der Waals surface area contributed by atoms with Gasteiger partial charge in [0.2, 0.25) is 47.3 Å². The number of carbonyl (C=O) groups is 15. The predicted molar refractivity (Wildman–Crippen MR) is 340 cm³/mol. The molecule has 41 heteroatoms. The summed E-state index contributed by atoms with van der Waals surface area (Å²) in [5, 5.41) is 121. The van der Waals surface area contributed by atoms with E-state index < -0.39 is 272 Å². The maximum atomic E-state index is 13.1. The van der Waals surface area contributed by atoms with Crippen LogP contribution >= 0.6 is 0 Å². The first kappa shape index (κ1) is 89.5. The summed E-state index contributed by atoms with van der Waals surface area (Å²) in [7, 11) is 2.06. The molecule has 3 aliphatic heterocycles. The Labute approximate surface area is 590 Å². The number of aliphatic carboxylic acids is 1. The Morgan fingerprint density at radius 1 is 0.544 bits per heavy atom. The van der Waals surface area contributed by atoms with Crippen LogP contribution < -0.4 is 31.9 Å². The minimum atomic E-state index is -2.93. The van der Waals surface area contributed by atoms with E-state index in [4.69, 9.17) is 28.4 Å². The lowest BCUT2D eigenvalue weighted by molar-refractivity contribution is -0.360. The summed E-state index contributed by atoms with van der Waals surface area (Å²) in [5.74, 6) is -14.4. The quantitative estimate of drug-likeness (QED) is 0.0199. The number of Topliss-reactive ketones (excluding diaryl/α,β-unsaturated/α-hetero) is 4. The number of unbranched alkanes of at least 4 members (excludes halogenated alkanes) is 2. The third kappa shape index (κ3) is 30.5. The van der Waals surface area contributed by atoms with Crippen LogP contribution in [-0.4, -0.2) is 340 Å². The molecule has 8 amide bonds. The standard InChI is InChI=1S/C62H98N8O33/c1-6-63-43(82)17-14-35(76)23-65-44(83)25-69(27-48(87)96-4)47(86)19-16-37(78)24-66-45(84)26-70(28-49(88)97-5)46(85)18-15-36(77)22-64-42(81)13-8-7-11-34(75)12-9-10-20-98-59-51(68-33(3)74)54(91)57(40(30-72)100-59)102-60-56(93)55(92)53(90)41(101-60)31-99-62(61(94)95)21-38(79)50(67-32(2)73)58(103-62)52(89)39(80)29-71/h38-41,50-60,71-72,79-80,89-93H,6-31H2,1-5H3,(H,63,82)(H,64,81)(H,65,83)(H,66,84)(H,67,73)(H,68,74)(H,94,95)/t38?,39?,40?,41?,50-,51?,52?,53+,54-,55+,56?,57-,58?,59-,60+,62-/m1/s1. The average molecular weight is 1480 g/mol. The van der Waals surface area contributed by atoms with Gasteiger partial charge in [-0.25, -0.2) is 4.79 Å². The first-order chi connectivity index (χ1) is 48.6. The van der Waals surface area contributed by atoms with E-state index in [9.17, 15) is 123 Å². The maximum absolute atomic E-state index is 13.1. The number of hydrogen-bond donors (Lipinski definition) is 16. The molecule has 8 unspecified atom stereocenters. The van der Waals surface area contributed by atoms with Crippen LogP contribution in [-0.2, 0) is 110 Å². The second kappa shape index (κ2) is 45.5. The van der Waals surface area contributed by atoms with Gasteiger partial charge in [-0.2, -0.15) is 0 Å². The number of methoxy groups -OCH3 is 2. The van der Waals surface area contributed by atoms with Gasteiger partial charge in [-0.1, -0.05) is 0 Å². The topological polar surface area (TPSA) is 611 Å². The van der Waals surface area contributed by atoms with Crippen molar-refractivity contribution in [1.82, 2.24) is 41.7 Å². The lowest BCUT2D eigenvalue weighted by Gasteiger charge is -2.48. The van der Waals surface area contributed by atoms with Crippen molar-refractivity contribution in [3.8, 4) is 0 Å². The number of aliphatic hydroxyl groups excluding tert-OH is 9. The molecule has 0 radical (unpaired) electrons. The molecule has 3 saturated heterocycles. The summed E-state index contributed by atoms with van der Waals surface area (Å²) in [6.45, 7) is -3.43. The second-order valence-corrected chi connectivity index (χ2v) is 24.4. The van der Waals surface area contributed by atoms with E-state index in [1.165, 1.54) is 0 Å². The third-order valence-electron chi connectivity index (χ3n) is 16.2. The average Bonchev–Trinajstić information content (AvgIpc) is 0.772. The number of ketones is 4. The number of nitrogens with zero attached hydrogens (tertiary/aromatic N) is 2. The minimum absolute atomic E-state index is 0.0664. The van der Waals surface area contributed by atoms with Crippen LogP contribution in [0.5, 0.6) is 0 Å². The van der Waals surface area contributed by atoms with Gasteiger partial charge in [0.25, 0.3) is 5.79 Å². The van der Waals surface area contributed by atoms with Crippen LogP contribution in [0.4, 0.5) is 0 Å². The fourth-order valence-corrected chi connectivity index (χ4v) is 10.6. The largest absolute Gasteiger partial charge is 0.477 e. The molecule has 3 aliphatic rings. The minimum Gasteiger partial charge on any atom is -0.477 e. The fraction of sp³-hybridized carbons (Fsp3) is 0.758. The number of carbonyl (C=O) groups excluding carboxylic acids is 14. The molecule has 0 aromatic rings. The van der Waals surface area contributed by atoms with Gasteiger partial charge in [-0.15, -0.1) is 0 Å². The number of hydrogen-bond acceptors (Lipinski definition) is 32. The monoisotopic (exact) mass is 1480 g/mol. The number of rotatable bonds is 47. The van der Waals surface area contributed by atoms with Gasteiger partial charge >= 0.3 is 17.9 Å². The third-order valence-corrected chi connectivity index (χ3v) is 16.2. The number of amides is 8. The molecular formula is C62H98N8O33. The molecule has 41 nitrogen and oxygen atoms in total. The van der Waals surface area contributed by atoms with Crippen LogP contribution in [0.3, 0.4) is 0 Å². The van der Waals surface area contributed by atoms with E-state index in [2.05, 4.69) is 41.4 Å². The molecule has 0 aliphatic carbocycles. The summed E-state index contributed by atoms with van der Waals surface area (Å²) in [4.78, 5) is 189. The van der Waals surface area contributed by atoms with Crippen molar-refractivity contribution in [2.75, 3.05) is 93.0 Å². The molecule has 0 spiro atoms. The molecular weight excluding hydrogens is 1380 g/mol. The molecule has 16 N–H and O–H groups in total. The van der Waals surface area contributed by atoms with Crippen molar-refractivity contribution in [3.05, 3.63) is 0 Å². The first-order valence-corrected chi connectivity index (χ1v) is 33.1. The van der Waals surface area contributed by atoms with Gasteiger partial charge < -0.3 is 131 Å². The number of carboxylic acid groups (broad SMARTS) is 1. The Kier molecular flexibility index (Phi) is 39.5. The Bertz CT molecular complexity index is 2890. The number of esters is 2. The number of aliphatic hydroxyl groups is 9. The van der Waals surface area contributed by atoms with Crippen LogP contribution in [0, 0.1) is 0 Å². The molecule has 0 bridgehead atoms. The zero-order valence-corrected chi connectivity index (χ0v) is 57.8. The number of carboxylic acids is 1. The molecule has 3 rings (SSSR count). The highest BCUT2D eigenvalue weighted by atomic mass is 16.8. The molecule has 103 heavy (non-hydrogen) atoms. The van der Waals surface area contributed by atoms with Crippen molar-refractivity contribution in [2.45, 2.75) is 208 Å². The molecule has 3 heterocycles. The number of nitrogens with one attached hydrogen (secondary N) is 6. The van der Waals surface area contributed by atoms with E-state index in [0.717, 1.165) is 37.9 Å². The van der Waals surface area contributed by atoms with Gasteiger partial charge in [-0.3, -0.25) is 67.1 Å². The zero-order chi connectivity index (χ0) is 77.3. The van der Waals surface area contributed by atoms with Gasteiger partial charge in [0.1, 0.15) is 99.0 Å². The van der Waals surface area contributed by atoms with Crippen LogP contribution in [0.25, 0.3) is 0 Å². The summed E-state index contributed by atoms with van der Waals surface area (Å²) in [6, 6.07) is -3.01. The Morgan fingerprint density at radius 2 is 1.03 bits per heavy atom. The van der Waals surface area contributed by atoms with Crippen molar-refractivity contribution >= 4 is 88.3 Å². The van der Waals surface area contributed by atoms with Crippen LogP contribution in [0.1, 0.15) is 111 Å². The molecule has 3 fully saturated rings. The summed E-state index contributed by atoms with van der Waals surface area (Å²) >= 11 is 0. The van der Waals surface area contributed by atoms with Gasteiger partial charge in [0.05, 0.1) is 65.8 Å². The van der Waals surface area contributed by atoms with Crippen LogP contribution in [0.15, 0.2) is 0 Å². The molecule has 16 atom stereocenters. The van der Waals surface area contributed by atoms with E-state index in [0.29, 0.717) is 6.54 Å². The molecule has 0 aromatic heterocycles. The Morgan fingerprint density at radius 3 is 1.52 bits per heavy atom.